The average molecular weight is 278 g/mol. The van der Waals surface area contributed by atoms with Gasteiger partial charge in [0.1, 0.15) is 0 Å². The predicted octanol–water partition coefficient (Wildman–Crippen LogP) is 2.23. The molecule has 1 aromatic carbocycles. The van der Waals surface area contributed by atoms with Gasteiger partial charge in [-0.15, -0.1) is 0 Å². The van der Waals surface area contributed by atoms with Crippen LogP contribution in [0.1, 0.15) is 5.56 Å². The molecule has 0 aromatic heterocycles. The molecule has 1 amide bonds. The largest absolute Gasteiger partial charge is 0.348 e. The number of rotatable bonds is 5. The number of nitrogens with one attached hydrogen (secondary N) is 1. The normalized spacial score (nSPS) is 10.6. The summed E-state index contributed by atoms with van der Waals surface area (Å²) in [5.41, 5.74) is 0.735. The lowest BCUT2D eigenvalue weighted by atomic mass is 10.2. The summed E-state index contributed by atoms with van der Waals surface area (Å²) in [7, 11) is 2.78. The molecule has 0 bridgehead atoms. The molecule has 94 valence electrons. The molecule has 1 aromatic rings. The van der Waals surface area contributed by atoms with Crippen molar-refractivity contribution < 1.29 is 14.3 Å². The monoisotopic (exact) mass is 277 g/mol. The number of benzene rings is 1. The number of methoxy groups -OCH3 is 2. The highest BCUT2D eigenvalue weighted by Crippen LogP contribution is 2.20. The first kappa shape index (κ1) is 14.3. The van der Waals surface area contributed by atoms with Crippen molar-refractivity contribution in [2.24, 2.45) is 0 Å². The lowest BCUT2D eigenvalue weighted by molar-refractivity contribution is -0.159. The highest BCUT2D eigenvalue weighted by Gasteiger charge is 2.16. The Bertz CT molecular complexity index is 394. The fourth-order valence-corrected chi connectivity index (χ4v) is 1.63. The zero-order valence-corrected chi connectivity index (χ0v) is 11.0. The third-order valence-electron chi connectivity index (χ3n) is 2.10. The maximum absolute atomic E-state index is 11.5. The lowest BCUT2D eigenvalue weighted by Gasteiger charge is -2.13. The van der Waals surface area contributed by atoms with Crippen LogP contribution in [0.5, 0.6) is 0 Å². The van der Waals surface area contributed by atoms with Crippen molar-refractivity contribution in [2.45, 2.75) is 12.8 Å². The molecular weight excluding hydrogens is 265 g/mol. The van der Waals surface area contributed by atoms with Gasteiger partial charge in [0.25, 0.3) is 5.91 Å². The number of carbonyl (C=O) groups is 1. The molecule has 1 N–H and O–H groups in total. The van der Waals surface area contributed by atoms with Crippen LogP contribution in [0.15, 0.2) is 18.2 Å². The van der Waals surface area contributed by atoms with Crippen molar-refractivity contribution in [3.05, 3.63) is 33.8 Å². The highest BCUT2D eigenvalue weighted by molar-refractivity contribution is 6.33. The molecule has 0 heterocycles. The van der Waals surface area contributed by atoms with Gasteiger partial charge in [-0.25, -0.2) is 0 Å². The molecule has 6 heteroatoms. The Balaban J connectivity index is 2.61. The minimum Gasteiger partial charge on any atom is -0.348 e. The summed E-state index contributed by atoms with van der Waals surface area (Å²) in [5, 5.41) is 3.74. The summed E-state index contributed by atoms with van der Waals surface area (Å²) in [6.07, 6.45) is -0.923. The van der Waals surface area contributed by atoms with Crippen LogP contribution in [0.4, 0.5) is 0 Å². The van der Waals surface area contributed by atoms with E-state index < -0.39 is 6.29 Å². The summed E-state index contributed by atoms with van der Waals surface area (Å²) in [6.45, 7) is 0.265. The first-order chi connectivity index (χ1) is 8.08. The summed E-state index contributed by atoms with van der Waals surface area (Å²) in [5.74, 6) is -0.369. The Morgan fingerprint density at radius 3 is 2.59 bits per heavy atom. The van der Waals surface area contributed by atoms with E-state index in [1.54, 1.807) is 18.2 Å². The molecule has 0 radical (unpaired) electrons. The second-order valence-electron chi connectivity index (χ2n) is 3.26. The molecule has 0 unspecified atom stereocenters. The zero-order chi connectivity index (χ0) is 12.8. The Hall–Kier alpha value is -0.810. The van der Waals surface area contributed by atoms with Gasteiger partial charge in [-0.2, -0.15) is 0 Å². The molecule has 0 aliphatic rings. The fraction of sp³-hybridized carbons (Fsp3) is 0.364. The Morgan fingerprint density at radius 2 is 2.00 bits per heavy atom. The van der Waals surface area contributed by atoms with E-state index >= 15 is 0 Å². The Labute approximate surface area is 110 Å². The Morgan fingerprint density at radius 1 is 1.35 bits per heavy atom. The molecule has 4 nitrogen and oxygen atoms in total. The third kappa shape index (κ3) is 4.16. The second kappa shape index (κ2) is 6.81. The fourth-order valence-electron chi connectivity index (χ4n) is 1.25. The van der Waals surface area contributed by atoms with Crippen LogP contribution in [0.3, 0.4) is 0 Å². The molecule has 0 fully saturated rings. The maximum Gasteiger partial charge on any atom is 0.277 e. The molecule has 0 spiro atoms. The molecule has 1 rings (SSSR count). The highest BCUT2D eigenvalue weighted by atomic mass is 35.5. The van der Waals surface area contributed by atoms with Crippen LogP contribution in [0.25, 0.3) is 0 Å². The van der Waals surface area contributed by atoms with Crippen molar-refractivity contribution >= 4 is 29.1 Å². The van der Waals surface area contributed by atoms with Gasteiger partial charge in [-0.05, 0) is 23.8 Å². The zero-order valence-electron chi connectivity index (χ0n) is 9.50. The third-order valence-corrected chi connectivity index (χ3v) is 2.71. The van der Waals surface area contributed by atoms with Crippen molar-refractivity contribution in [3.8, 4) is 0 Å². The van der Waals surface area contributed by atoms with E-state index in [1.165, 1.54) is 14.2 Å². The van der Waals surface area contributed by atoms with E-state index in [1.807, 2.05) is 0 Å². The first-order valence-electron chi connectivity index (χ1n) is 4.85. The summed E-state index contributed by atoms with van der Waals surface area (Å²) in [6, 6.07) is 5.05. The predicted molar refractivity (Wildman–Crippen MR) is 66.1 cm³/mol. The minimum atomic E-state index is -0.923. The lowest BCUT2D eigenvalue weighted by Crippen LogP contribution is -2.36. The number of amides is 1. The van der Waals surface area contributed by atoms with Gasteiger partial charge >= 0.3 is 0 Å². The van der Waals surface area contributed by atoms with Gasteiger partial charge in [-0.1, -0.05) is 23.2 Å². The molecule has 17 heavy (non-hydrogen) atoms. The number of ether oxygens (including phenoxy) is 2. The van der Waals surface area contributed by atoms with Crippen molar-refractivity contribution in [3.63, 3.8) is 0 Å². The number of hydrogen-bond acceptors (Lipinski definition) is 3. The van der Waals surface area contributed by atoms with Crippen LogP contribution in [-0.4, -0.2) is 26.4 Å². The molecular formula is C11H13Cl2NO3. The quantitative estimate of drug-likeness (QED) is 0.840. The van der Waals surface area contributed by atoms with Gasteiger partial charge in [0, 0.05) is 30.8 Å². The molecule has 0 aliphatic heterocycles. The van der Waals surface area contributed by atoms with Crippen LogP contribution < -0.4 is 5.32 Å². The maximum atomic E-state index is 11.5. The van der Waals surface area contributed by atoms with Gasteiger partial charge in [-0.3, -0.25) is 4.79 Å². The molecule has 0 atom stereocenters. The topological polar surface area (TPSA) is 47.6 Å². The molecule has 0 aliphatic carbocycles. The standard InChI is InChI=1S/C11H13Cl2NO3/c1-16-11(17-2)10(15)14-6-7-5-8(12)3-4-9(7)13/h3-5,11H,6H2,1-2H3,(H,14,15). The van der Waals surface area contributed by atoms with Crippen molar-refractivity contribution in [2.75, 3.05) is 14.2 Å². The van der Waals surface area contributed by atoms with Gasteiger partial charge in [0.2, 0.25) is 6.29 Å². The van der Waals surface area contributed by atoms with E-state index in [9.17, 15) is 4.79 Å². The molecule has 0 saturated heterocycles. The smallest absolute Gasteiger partial charge is 0.277 e. The first-order valence-corrected chi connectivity index (χ1v) is 5.61. The van der Waals surface area contributed by atoms with Gasteiger partial charge in [0.05, 0.1) is 0 Å². The van der Waals surface area contributed by atoms with Crippen LogP contribution >= 0.6 is 23.2 Å². The van der Waals surface area contributed by atoms with E-state index in [-0.39, 0.29) is 12.5 Å². The van der Waals surface area contributed by atoms with E-state index in [0.717, 1.165) is 5.56 Å². The van der Waals surface area contributed by atoms with Gasteiger partial charge in [0.15, 0.2) is 0 Å². The molecule has 0 saturated carbocycles. The number of carbonyl (C=O) groups excluding carboxylic acids is 1. The SMILES string of the molecule is COC(OC)C(=O)NCc1cc(Cl)ccc1Cl. The van der Waals surface area contributed by atoms with E-state index in [2.05, 4.69) is 5.32 Å². The second-order valence-corrected chi connectivity index (χ2v) is 4.10. The van der Waals surface area contributed by atoms with Gasteiger partial charge < -0.3 is 14.8 Å². The number of halogens is 2. The van der Waals surface area contributed by atoms with Crippen molar-refractivity contribution in [1.29, 1.82) is 0 Å². The van der Waals surface area contributed by atoms with Crippen LogP contribution in [0.2, 0.25) is 10.0 Å². The minimum absolute atomic E-state index is 0.265. The summed E-state index contributed by atoms with van der Waals surface area (Å²) in [4.78, 5) is 11.5. The Kier molecular flexibility index (Phi) is 5.71. The summed E-state index contributed by atoms with van der Waals surface area (Å²) >= 11 is 11.8. The number of hydrogen-bond donors (Lipinski definition) is 1. The summed E-state index contributed by atoms with van der Waals surface area (Å²) < 4.78 is 9.62. The van der Waals surface area contributed by atoms with Crippen LogP contribution in [0, 0.1) is 0 Å². The van der Waals surface area contributed by atoms with E-state index in [0.29, 0.717) is 10.0 Å². The average Bonchev–Trinajstić information content (AvgIpc) is 2.32. The van der Waals surface area contributed by atoms with E-state index in [4.69, 9.17) is 32.7 Å². The van der Waals surface area contributed by atoms with Crippen molar-refractivity contribution in [1.82, 2.24) is 5.32 Å². The van der Waals surface area contributed by atoms with Crippen LogP contribution in [-0.2, 0) is 20.8 Å².